The van der Waals surface area contributed by atoms with E-state index in [2.05, 4.69) is 71.7 Å². The van der Waals surface area contributed by atoms with Gasteiger partial charge in [-0.25, -0.2) is 0 Å². The molecule has 18 heavy (non-hydrogen) atoms. The highest BCUT2D eigenvalue weighted by molar-refractivity contribution is 5.60. The van der Waals surface area contributed by atoms with Crippen LogP contribution in [0.1, 0.15) is 65.0 Å². The van der Waals surface area contributed by atoms with Gasteiger partial charge in [0.1, 0.15) is 0 Å². The van der Waals surface area contributed by atoms with E-state index in [1.807, 2.05) is 0 Å². The Kier molecular flexibility index (Phi) is 3.00. The summed E-state index contributed by atoms with van der Waals surface area (Å²) in [5, 5.41) is 0. The van der Waals surface area contributed by atoms with E-state index in [9.17, 15) is 0 Å². The number of anilines is 1. The van der Waals surface area contributed by atoms with Gasteiger partial charge in [0.2, 0.25) is 0 Å². The summed E-state index contributed by atoms with van der Waals surface area (Å²) in [5.41, 5.74) is 4.87. The number of fused-ring (bicyclic) bond motifs is 1. The van der Waals surface area contributed by atoms with Crippen LogP contribution in [0.25, 0.3) is 0 Å². The van der Waals surface area contributed by atoms with Gasteiger partial charge in [0.05, 0.1) is 0 Å². The number of hydrogen-bond acceptors (Lipinski definition) is 1. The summed E-state index contributed by atoms with van der Waals surface area (Å²) in [7, 11) is 2.22. The Morgan fingerprint density at radius 2 is 1.83 bits per heavy atom. The first kappa shape index (κ1) is 13.5. The molecule has 1 heterocycles. The zero-order valence-electron chi connectivity index (χ0n) is 13.0. The van der Waals surface area contributed by atoms with Crippen molar-refractivity contribution in [3.05, 3.63) is 29.3 Å². The number of nitrogens with zero attached hydrogens (tertiary/aromatic N) is 1. The maximum absolute atomic E-state index is 2.44. The average molecular weight is 245 g/mol. The fraction of sp³-hybridized carbons (Fsp3) is 0.647. The molecule has 1 atom stereocenters. The van der Waals surface area contributed by atoms with E-state index in [-0.39, 0.29) is 11.0 Å². The molecule has 0 saturated heterocycles. The van der Waals surface area contributed by atoms with Crippen molar-refractivity contribution in [2.45, 2.75) is 64.8 Å². The molecule has 0 fully saturated rings. The van der Waals surface area contributed by atoms with Gasteiger partial charge >= 0.3 is 0 Å². The normalized spacial score (nSPS) is 22.8. The average Bonchev–Trinajstić information content (AvgIpc) is 2.24. The molecule has 1 nitrogen and oxygen atoms in total. The van der Waals surface area contributed by atoms with Gasteiger partial charge in [-0.15, -0.1) is 0 Å². The lowest BCUT2D eigenvalue weighted by Crippen LogP contribution is -2.45. The van der Waals surface area contributed by atoms with Gasteiger partial charge in [-0.1, -0.05) is 39.8 Å². The highest BCUT2D eigenvalue weighted by Crippen LogP contribution is 2.43. The zero-order valence-corrected chi connectivity index (χ0v) is 13.0. The third-order valence-corrected chi connectivity index (χ3v) is 4.50. The number of rotatable bonds is 0. The molecule has 1 aromatic rings. The molecule has 0 amide bonds. The Bertz CT molecular complexity index is 451. The van der Waals surface area contributed by atoms with E-state index < -0.39 is 0 Å². The molecule has 1 heteroatoms. The zero-order chi connectivity index (χ0) is 13.7. The van der Waals surface area contributed by atoms with Crippen molar-refractivity contribution in [3.8, 4) is 0 Å². The molecular formula is C17H27N. The largest absolute Gasteiger partial charge is 0.369 e. The van der Waals surface area contributed by atoms with Crippen LogP contribution in [0.3, 0.4) is 0 Å². The van der Waals surface area contributed by atoms with Gasteiger partial charge in [0.15, 0.2) is 0 Å². The van der Waals surface area contributed by atoms with Crippen LogP contribution in [0.4, 0.5) is 5.69 Å². The van der Waals surface area contributed by atoms with Crippen LogP contribution >= 0.6 is 0 Å². The van der Waals surface area contributed by atoms with Crippen LogP contribution in [0.15, 0.2) is 18.2 Å². The van der Waals surface area contributed by atoms with Crippen LogP contribution in [0, 0.1) is 0 Å². The topological polar surface area (TPSA) is 3.24 Å². The van der Waals surface area contributed by atoms with Gasteiger partial charge in [0.25, 0.3) is 0 Å². The van der Waals surface area contributed by atoms with Crippen LogP contribution in [0.2, 0.25) is 0 Å². The van der Waals surface area contributed by atoms with Crippen LogP contribution < -0.4 is 4.90 Å². The van der Waals surface area contributed by atoms with Gasteiger partial charge in [-0.05, 0) is 48.8 Å². The van der Waals surface area contributed by atoms with Crippen LogP contribution in [-0.4, -0.2) is 12.6 Å². The second-order valence-electron chi connectivity index (χ2n) is 7.50. The monoisotopic (exact) mass is 245 g/mol. The quantitative estimate of drug-likeness (QED) is 0.640. The summed E-state index contributed by atoms with van der Waals surface area (Å²) in [6.45, 7) is 13.9. The Labute approximate surface area is 112 Å². The molecule has 2 rings (SSSR count). The van der Waals surface area contributed by atoms with Crippen molar-refractivity contribution >= 4 is 5.69 Å². The number of benzene rings is 1. The minimum absolute atomic E-state index is 0.236. The second-order valence-corrected chi connectivity index (χ2v) is 7.50. The first-order valence-corrected chi connectivity index (χ1v) is 7.01. The predicted octanol–water partition coefficient (Wildman–Crippen LogP) is 4.71. The Morgan fingerprint density at radius 1 is 1.22 bits per heavy atom. The molecule has 0 aromatic heterocycles. The van der Waals surface area contributed by atoms with Crippen molar-refractivity contribution in [2.24, 2.45) is 0 Å². The first-order valence-electron chi connectivity index (χ1n) is 7.01. The highest BCUT2D eigenvalue weighted by atomic mass is 15.2. The standard InChI is InChI=1S/C17H27N/c1-12-11-17(5,6)18(7)15-9-8-13(10-14(12)15)16(2,3)4/h8-10,12H,11H2,1-7H3. The van der Waals surface area contributed by atoms with E-state index in [1.54, 1.807) is 0 Å². The minimum atomic E-state index is 0.236. The Balaban J connectivity index is 2.52. The van der Waals surface area contributed by atoms with Crippen molar-refractivity contribution < 1.29 is 0 Å². The SMILES string of the molecule is CC1CC(C)(C)N(C)c2ccc(C(C)(C)C)cc21. The minimum Gasteiger partial charge on any atom is -0.369 e. The third-order valence-electron chi connectivity index (χ3n) is 4.50. The smallest absolute Gasteiger partial charge is 0.0403 e. The molecule has 0 bridgehead atoms. The molecule has 0 spiro atoms. The lowest BCUT2D eigenvalue weighted by atomic mass is 9.77. The molecule has 1 aliphatic heterocycles. The van der Waals surface area contributed by atoms with E-state index >= 15 is 0 Å². The van der Waals surface area contributed by atoms with Crippen LogP contribution in [-0.2, 0) is 5.41 Å². The molecule has 100 valence electrons. The van der Waals surface area contributed by atoms with Crippen molar-refractivity contribution in [1.29, 1.82) is 0 Å². The maximum atomic E-state index is 2.44. The summed E-state index contributed by atoms with van der Waals surface area (Å²) in [6, 6.07) is 7.03. The third kappa shape index (κ3) is 2.15. The van der Waals surface area contributed by atoms with E-state index in [4.69, 9.17) is 0 Å². The lowest BCUT2D eigenvalue weighted by Gasteiger charge is -2.45. The Hall–Kier alpha value is -0.980. The van der Waals surface area contributed by atoms with Crippen molar-refractivity contribution in [1.82, 2.24) is 0 Å². The lowest BCUT2D eigenvalue weighted by molar-refractivity contribution is 0.394. The molecule has 0 saturated carbocycles. The van der Waals surface area contributed by atoms with E-state index in [0.29, 0.717) is 5.92 Å². The fourth-order valence-electron chi connectivity index (χ4n) is 3.04. The van der Waals surface area contributed by atoms with Gasteiger partial charge in [-0.3, -0.25) is 0 Å². The van der Waals surface area contributed by atoms with Gasteiger partial charge in [0, 0.05) is 18.3 Å². The first-order chi connectivity index (χ1) is 8.13. The number of hydrogen-bond donors (Lipinski definition) is 0. The van der Waals surface area contributed by atoms with E-state index in [1.165, 1.54) is 23.2 Å². The molecule has 0 radical (unpaired) electrons. The predicted molar refractivity (Wildman–Crippen MR) is 80.7 cm³/mol. The van der Waals surface area contributed by atoms with Crippen LogP contribution in [0.5, 0.6) is 0 Å². The maximum Gasteiger partial charge on any atom is 0.0403 e. The molecular weight excluding hydrogens is 218 g/mol. The fourth-order valence-corrected chi connectivity index (χ4v) is 3.04. The Morgan fingerprint density at radius 3 is 2.39 bits per heavy atom. The molecule has 1 aromatic carbocycles. The molecule has 0 N–H and O–H groups in total. The van der Waals surface area contributed by atoms with E-state index in [0.717, 1.165) is 0 Å². The molecule has 1 aliphatic rings. The summed E-state index contributed by atoms with van der Waals surface area (Å²) in [5.74, 6) is 0.647. The van der Waals surface area contributed by atoms with Crippen molar-refractivity contribution in [3.63, 3.8) is 0 Å². The van der Waals surface area contributed by atoms with Gasteiger partial charge in [-0.2, -0.15) is 0 Å². The summed E-state index contributed by atoms with van der Waals surface area (Å²) >= 11 is 0. The van der Waals surface area contributed by atoms with Gasteiger partial charge < -0.3 is 4.90 Å². The molecule has 0 aliphatic carbocycles. The highest BCUT2D eigenvalue weighted by Gasteiger charge is 2.34. The second kappa shape index (κ2) is 4.01. The van der Waals surface area contributed by atoms with Crippen molar-refractivity contribution in [2.75, 3.05) is 11.9 Å². The summed E-state index contributed by atoms with van der Waals surface area (Å²) < 4.78 is 0. The summed E-state index contributed by atoms with van der Waals surface area (Å²) in [6.07, 6.45) is 1.23. The molecule has 1 unspecified atom stereocenters. The summed E-state index contributed by atoms with van der Waals surface area (Å²) in [4.78, 5) is 2.44.